The summed E-state index contributed by atoms with van der Waals surface area (Å²) in [6.07, 6.45) is -4.54. The molecule has 0 aliphatic carbocycles. The number of nitrogens with two attached hydrogens (primary N) is 1. The molecule has 7 heteroatoms. The molecule has 0 unspecified atom stereocenters. The summed E-state index contributed by atoms with van der Waals surface area (Å²) in [7, 11) is 0. The van der Waals surface area contributed by atoms with Gasteiger partial charge in [-0.2, -0.15) is 13.2 Å². The average molecular weight is 363 g/mol. The average Bonchev–Trinajstić information content (AvgIpc) is 2.37. The third-order valence-electron chi connectivity index (χ3n) is 2.90. The van der Waals surface area contributed by atoms with Crippen molar-refractivity contribution in [2.45, 2.75) is 13.1 Å². The lowest BCUT2D eigenvalue weighted by Crippen LogP contribution is -2.09. The topological polar surface area (TPSA) is 38.0 Å². The zero-order valence-electron chi connectivity index (χ0n) is 10.9. The molecule has 2 aromatic rings. The fourth-order valence-electron chi connectivity index (χ4n) is 1.82. The van der Waals surface area contributed by atoms with E-state index < -0.39 is 17.6 Å². The van der Waals surface area contributed by atoms with Crippen molar-refractivity contribution >= 4 is 33.0 Å². The Balaban J connectivity index is 2.39. The number of anilines is 3. The fourth-order valence-corrected chi connectivity index (χ4v) is 2.27. The second-order valence-corrected chi connectivity index (χ2v) is 5.36. The van der Waals surface area contributed by atoms with Gasteiger partial charge in [-0.1, -0.05) is 0 Å². The Morgan fingerprint density at radius 3 is 2.43 bits per heavy atom. The molecule has 2 nitrogen and oxygen atoms in total. The Hall–Kier alpha value is -1.76. The summed E-state index contributed by atoms with van der Waals surface area (Å²) in [4.78, 5) is 0. The molecule has 21 heavy (non-hydrogen) atoms. The molecule has 0 bridgehead atoms. The second-order valence-electron chi connectivity index (χ2n) is 4.51. The Bertz CT molecular complexity index is 683. The first-order chi connectivity index (χ1) is 9.68. The highest BCUT2D eigenvalue weighted by atomic mass is 79.9. The number of alkyl halides is 3. The molecule has 0 saturated heterocycles. The summed E-state index contributed by atoms with van der Waals surface area (Å²) in [6, 6.07) is 6.22. The number of benzene rings is 2. The van der Waals surface area contributed by atoms with Crippen LogP contribution in [0.2, 0.25) is 0 Å². The zero-order valence-corrected chi connectivity index (χ0v) is 12.4. The van der Waals surface area contributed by atoms with E-state index in [1.807, 2.05) is 0 Å². The van der Waals surface area contributed by atoms with E-state index >= 15 is 0 Å². The highest BCUT2D eigenvalue weighted by molar-refractivity contribution is 9.10. The Morgan fingerprint density at radius 1 is 1.14 bits per heavy atom. The van der Waals surface area contributed by atoms with Crippen molar-refractivity contribution in [2.24, 2.45) is 0 Å². The lowest BCUT2D eigenvalue weighted by atomic mass is 10.1. The predicted molar refractivity (Wildman–Crippen MR) is 78.0 cm³/mol. The van der Waals surface area contributed by atoms with Crippen LogP contribution in [0.5, 0.6) is 0 Å². The molecular formula is C14H11BrF4N2. The van der Waals surface area contributed by atoms with Crippen LogP contribution in [0.4, 0.5) is 34.6 Å². The molecule has 0 aromatic heterocycles. The fraction of sp³-hybridized carbons (Fsp3) is 0.143. The second kappa shape index (κ2) is 5.55. The van der Waals surface area contributed by atoms with Crippen LogP contribution in [0.25, 0.3) is 0 Å². The molecule has 2 aromatic carbocycles. The lowest BCUT2D eigenvalue weighted by Gasteiger charge is -2.14. The third-order valence-corrected chi connectivity index (χ3v) is 3.51. The quantitative estimate of drug-likeness (QED) is 0.566. The minimum absolute atomic E-state index is 0.182. The van der Waals surface area contributed by atoms with E-state index in [0.29, 0.717) is 15.7 Å². The maximum Gasteiger partial charge on any atom is 0.418 e. The van der Waals surface area contributed by atoms with Gasteiger partial charge in [-0.15, -0.1) is 0 Å². The molecule has 0 aliphatic rings. The van der Waals surface area contributed by atoms with Crippen molar-refractivity contribution in [1.29, 1.82) is 0 Å². The van der Waals surface area contributed by atoms with Gasteiger partial charge in [-0.25, -0.2) is 4.39 Å². The van der Waals surface area contributed by atoms with Crippen molar-refractivity contribution in [2.75, 3.05) is 11.1 Å². The number of halogens is 5. The van der Waals surface area contributed by atoms with Crippen molar-refractivity contribution in [1.82, 2.24) is 0 Å². The summed E-state index contributed by atoms with van der Waals surface area (Å²) >= 11 is 3.04. The number of nitrogen functional groups attached to an aromatic ring is 1. The van der Waals surface area contributed by atoms with E-state index in [4.69, 9.17) is 5.73 Å². The molecule has 2 rings (SSSR count). The van der Waals surface area contributed by atoms with Gasteiger partial charge in [-0.3, -0.25) is 0 Å². The van der Waals surface area contributed by atoms with Crippen LogP contribution >= 0.6 is 15.9 Å². The van der Waals surface area contributed by atoms with E-state index in [-0.39, 0.29) is 11.4 Å². The maximum absolute atomic E-state index is 13.5. The van der Waals surface area contributed by atoms with Crippen LogP contribution in [0.1, 0.15) is 11.1 Å². The van der Waals surface area contributed by atoms with Gasteiger partial charge in [0, 0.05) is 17.1 Å². The Kier molecular flexibility index (Phi) is 4.13. The number of nitrogens with one attached hydrogen (secondary N) is 1. The van der Waals surface area contributed by atoms with E-state index in [1.165, 1.54) is 12.1 Å². The van der Waals surface area contributed by atoms with Gasteiger partial charge >= 0.3 is 6.18 Å². The largest absolute Gasteiger partial charge is 0.418 e. The van der Waals surface area contributed by atoms with Crippen LogP contribution in [0.3, 0.4) is 0 Å². The number of rotatable bonds is 2. The lowest BCUT2D eigenvalue weighted by molar-refractivity contribution is -0.136. The van der Waals surface area contributed by atoms with Crippen LogP contribution in [0.15, 0.2) is 34.8 Å². The van der Waals surface area contributed by atoms with Crippen molar-refractivity contribution in [3.8, 4) is 0 Å². The number of hydrogen-bond donors (Lipinski definition) is 2. The first-order valence-corrected chi connectivity index (χ1v) is 6.67. The minimum atomic E-state index is -4.54. The maximum atomic E-state index is 13.5. The smallest absolute Gasteiger partial charge is 0.398 e. The molecule has 0 amide bonds. The summed E-state index contributed by atoms with van der Waals surface area (Å²) in [5.74, 6) is -0.505. The third kappa shape index (κ3) is 3.47. The van der Waals surface area contributed by atoms with Crippen molar-refractivity contribution in [3.63, 3.8) is 0 Å². The standard InChI is InChI=1S/C14H11BrF4N2/c1-7-4-10(15)11(16)6-13(7)21-8-2-3-12(20)9(5-8)14(17,18)19/h2-6,21H,20H2,1H3. The van der Waals surface area contributed by atoms with Gasteiger partial charge < -0.3 is 11.1 Å². The summed E-state index contributed by atoms with van der Waals surface area (Å²) in [5.41, 5.74) is 5.30. The van der Waals surface area contributed by atoms with Crippen molar-refractivity contribution < 1.29 is 17.6 Å². The molecule has 0 atom stereocenters. The summed E-state index contributed by atoms with van der Waals surface area (Å²) < 4.78 is 52.2. The van der Waals surface area contributed by atoms with E-state index in [2.05, 4.69) is 21.2 Å². The Morgan fingerprint density at radius 2 is 1.81 bits per heavy atom. The van der Waals surface area contributed by atoms with E-state index in [0.717, 1.165) is 12.1 Å². The van der Waals surface area contributed by atoms with Gasteiger partial charge in [-0.05, 0) is 58.7 Å². The normalized spacial score (nSPS) is 11.5. The Labute approximate surface area is 127 Å². The molecular weight excluding hydrogens is 352 g/mol. The molecule has 0 fully saturated rings. The molecule has 112 valence electrons. The van der Waals surface area contributed by atoms with Crippen LogP contribution in [-0.2, 0) is 6.18 Å². The summed E-state index contributed by atoms with van der Waals surface area (Å²) in [5, 5.41) is 2.76. The molecule has 0 saturated carbocycles. The molecule has 0 radical (unpaired) electrons. The number of hydrogen-bond acceptors (Lipinski definition) is 2. The summed E-state index contributed by atoms with van der Waals surface area (Å²) in [6.45, 7) is 1.72. The van der Waals surface area contributed by atoms with Gasteiger partial charge in [0.2, 0.25) is 0 Å². The zero-order chi connectivity index (χ0) is 15.8. The van der Waals surface area contributed by atoms with Crippen LogP contribution < -0.4 is 11.1 Å². The van der Waals surface area contributed by atoms with Gasteiger partial charge in [0.25, 0.3) is 0 Å². The molecule has 0 spiro atoms. The highest BCUT2D eigenvalue weighted by Gasteiger charge is 2.33. The first kappa shape index (κ1) is 15.6. The van der Waals surface area contributed by atoms with Gasteiger partial charge in [0.1, 0.15) is 5.82 Å². The molecule has 0 aliphatic heterocycles. The predicted octanol–water partition coefficient (Wildman–Crippen LogP) is 5.24. The number of aryl methyl sites for hydroxylation is 1. The highest BCUT2D eigenvalue weighted by Crippen LogP contribution is 2.36. The van der Waals surface area contributed by atoms with E-state index in [1.54, 1.807) is 13.0 Å². The van der Waals surface area contributed by atoms with E-state index in [9.17, 15) is 17.6 Å². The monoisotopic (exact) mass is 362 g/mol. The minimum Gasteiger partial charge on any atom is -0.398 e. The SMILES string of the molecule is Cc1cc(Br)c(F)cc1Nc1ccc(N)c(C(F)(F)F)c1. The van der Waals surface area contributed by atoms with Crippen molar-refractivity contribution in [3.05, 3.63) is 51.7 Å². The van der Waals surface area contributed by atoms with Crippen LogP contribution in [-0.4, -0.2) is 0 Å². The first-order valence-electron chi connectivity index (χ1n) is 5.88. The van der Waals surface area contributed by atoms with Gasteiger partial charge in [0.15, 0.2) is 0 Å². The van der Waals surface area contributed by atoms with Crippen LogP contribution in [0, 0.1) is 12.7 Å². The van der Waals surface area contributed by atoms with Gasteiger partial charge in [0.05, 0.1) is 10.0 Å². The molecule has 3 N–H and O–H groups in total. The molecule has 0 heterocycles.